The maximum atomic E-state index is 14.8. The van der Waals surface area contributed by atoms with Crippen LogP contribution in [0.3, 0.4) is 0 Å². The van der Waals surface area contributed by atoms with Crippen molar-refractivity contribution in [2.24, 2.45) is 12.8 Å². The van der Waals surface area contributed by atoms with Crippen LogP contribution in [0.1, 0.15) is 39.5 Å². The van der Waals surface area contributed by atoms with Crippen LogP contribution in [0.4, 0.5) is 26.2 Å². The summed E-state index contributed by atoms with van der Waals surface area (Å²) in [5.41, 5.74) is 5.86. The Hall–Kier alpha value is -2.97. The van der Waals surface area contributed by atoms with Gasteiger partial charge in [-0.1, -0.05) is 0 Å². The van der Waals surface area contributed by atoms with Gasteiger partial charge in [-0.05, 0) is 78.0 Å². The lowest BCUT2D eigenvalue weighted by atomic mass is 9.80. The molecule has 0 amide bonds. The van der Waals surface area contributed by atoms with Gasteiger partial charge in [-0.25, -0.2) is 18.6 Å². The molecule has 36 heavy (non-hydrogen) atoms. The number of rotatable bonds is 5. The predicted octanol–water partition coefficient (Wildman–Crippen LogP) is 2.64. The number of piperidine rings is 1. The largest absolute Gasteiger partial charge is 0.368 e. The number of tetrazole rings is 1. The molecule has 0 aliphatic carbocycles. The SMILES string of the molecule is Cn1nnn(-c2cc(Nc3ncc(F)c(N[C@H]4CC(C)(C)N5CCC[C@@]5(N)C4)n3)c(F)cc2Br)c1=O. The van der Waals surface area contributed by atoms with Crippen LogP contribution in [0.15, 0.2) is 27.6 Å². The van der Waals surface area contributed by atoms with Crippen LogP contribution < -0.4 is 22.1 Å². The number of benzene rings is 1. The summed E-state index contributed by atoms with van der Waals surface area (Å²) in [6.07, 6.45) is 4.35. The minimum Gasteiger partial charge on any atom is -0.365 e. The van der Waals surface area contributed by atoms with Gasteiger partial charge < -0.3 is 16.4 Å². The molecule has 0 radical (unpaired) electrons. The van der Waals surface area contributed by atoms with Crippen LogP contribution >= 0.6 is 15.9 Å². The molecule has 0 saturated carbocycles. The van der Waals surface area contributed by atoms with Crippen molar-refractivity contribution >= 4 is 33.4 Å². The van der Waals surface area contributed by atoms with Crippen LogP contribution in [0, 0.1) is 11.6 Å². The summed E-state index contributed by atoms with van der Waals surface area (Å²) in [5, 5.41) is 13.4. The molecule has 4 heterocycles. The molecule has 1 aromatic carbocycles. The van der Waals surface area contributed by atoms with Gasteiger partial charge >= 0.3 is 5.69 Å². The van der Waals surface area contributed by atoms with Crippen molar-refractivity contribution in [3.63, 3.8) is 0 Å². The van der Waals surface area contributed by atoms with Gasteiger partial charge in [0.15, 0.2) is 11.6 Å². The highest BCUT2D eigenvalue weighted by Gasteiger charge is 2.50. The van der Waals surface area contributed by atoms with Gasteiger partial charge in [0, 0.05) is 29.6 Å². The Kier molecular flexibility index (Phi) is 6.08. The number of halogens is 3. The molecule has 2 aromatic heterocycles. The first kappa shape index (κ1) is 24.7. The van der Waals surface area contributed by atoms with Gasteiger partial charge in [0.1, 0.15) is 5.82 Å². The standard InChI is InChI=1S/C22H27BrF2N10O/c1-21(2)9-12(10-22(26)5-4-6-34(21)22)28-18-15(25)11-27-19(30-18)29-16-8-17(13(23)7-14(16)24)35-20(36)33(3)31-32-35/h7-8,11-12H,4-6,9-10,26H2,1-3H3,(H2,27,28,29,30)/t12-,22-/m0/s1. The molecule has 14 heteroatoms. The quantitative estimate of drug-likeness (QED) is 0.427. The van der Waals surface area contributed by atoms with E-state index in [1.165, 1.54) is 19.2 Å². The van der Waals surface area contributed by atoms with E-state index in [1.54, 1.807) is 0 Å². The topological polar surface area (TPSA) is 132 Å². The second-order valence-electron chi connectivity index (χ2n) is 10.0. The fraction of sp³-hybridized carbons (Fsp3) is 0.500. The third-order valence-electron chi connectivity index (χ3n) is 6.92. The Bertz CT molecular complexity index is 1380. The van der Waals surface area contributed by atoms with Gasteiger partial charge in [0.05, 0.1) is 23.2 Å². The molecule has 2 aliphatic heterocycles. The van der Waals surface area contributed by atoms with Crippen molar-refractivity contribution in [1.29, 1.82) is 0 Å². The Balaban J connectivity index is 1.40. The van der Waals surface area contributed by atoms with Crippen molar-refractivity contribution in [3.05, 3.63) is 44.9 Å². The molecule has 5 rings (SSSR count). The first-order valence-corrected chi connectivity index (χ1v) is 12.4. The number of nitrogens with one attached hydrogen (secondary N) is 2. The molecule has 3 aromatic rings. The number of nitrogens with two attached hydrogens (primary N) is 1. The van der Waals surface area contributed by atoms with Gasteiger partial charge in [-0.15, -0.1) is 0 Å². The molecule has 2 saturated heterocycles. The number of fused-ring (bicyclic) bond motifs is 1. The summed E-state index contributed by atoms with van der Waals surface area (Å²) >= 11 is 3.25. The highest BCUT2D eigenvalue weighted by atomic mass is 79.9. The monoisotopic (exact) mass is 564 g/mol. The van der Waals surface area contributed by atoms with E-state index >= 15 is 0 Å². The van der Waals surface area contributed by atoms with E-state index in [4.69, 9.17) is 5.73 Å². The minimum atomic E-state index is -0.634. The van der Waals surface area contributed by atoms with Gasteiger partial charge in [-0.3, -0.25) is 4.90 Å². The zero-order chi connectivity index (χ0) is 25.8. The number of anilines is 3. The minimum absolute atomic E-state index is 0.00577. The van der Waals surface area contributed by atoms with Crippen molar-refractivity contribution in [3.8, 4) is 5.69 Å². The van der Waals surface area contributed by atoms with Crippen molar-refractivity contribution in [2.75, 3.05) is 17.2 Å². The average Bonchev–Trinajstić information content (AvgIpc) is 3.35. The van der Waals surface area contributed by atoms with E-state index in [0.717, 1.165) is 41.4 Å². The lowest BCUT2D eigenvalue weighted by Gasteiger charge is -2.53. The van der Waals surface area contributed by atoms with Gasteiger partial charge in [0.25, 0.3) is 0 Å². The van der Waals surface area contributed by atoms with E-state index < -0.39 is 23.0 Å². The van der Waals surface area contributed by atoms with E-state index in [-0.39, 0.29) is 34.7 Å². The molecule has 2 atom stereocenters. The Morgan fingerprint density at radius 3 is 2.69 bits per heavy atom. The normalized spacial score (nSPS) is 23.5. The van der Waals surface area contributed by atoms with E-state index in [1.807, 2.05) is 0 Å². The highest BCUT2D eigenvalue weighted by molar-refractivity contribution is 9.10. The summed E-state index contributed by atoms with van der Waals surface area (Å²) in [7, 11) is 1.45. The maximum Gasteiger partial charge on any atom is 0.368 e. The Morgan fingerprint density at radius 2 is 1.97 bits per heavy atom. The number of aromatic nitrogens is 6. The van der Waals surface area contributed by atoms with Crippen LogP contribution in [0.2, 0.25) is 0 Å². The third-order valence-corrected chi connectivity index (χ3v) is 7.56. The zero-order valence-electron chi connectivity index (χ0n) is 20.1. The summed E-state index contributed by atoms with van der Waals surface area (Å²) in [6.45, 7) is 5.24. The van der Waals surface area contributed by atoms with Crippen molar-refractivity contribution in [1.82, 2.24) is 34.7 Å². The van der Waals surface area contributed by atoms with Crippen LogP contribution in [-0.4, -0.2) is 58.4 Å². The number of aryl methyl sites for hydroxylation is 1. The van der Waals surface area contributed by atoms with Crippen LogP contribution in [0.5, 0.6) is 0 Å². The fourth-order valence-electron chi connectivity index (χ4n) is 5.44. The molecule has 2 aliphatic rings. The number of hydrogen-bond donors (Lipinski definition) is 3. The summed E-state index contributed by atoms with van der Waals surface area (Å²) in [6, 6.07) is 2.45. The second kappa shape index (κ2) is 8.85. The molecule has 2 fully saturated rings. The smallest absolute Gasteiger partial charge is 0.365 e. The molecule has 11 nitrogen and oxygen atoms in total. The molecule has 0 spiro atoms. The number of hydrogen-bond acceptors (Lipinski definition) is 9. The average molecular weight is 565 g/mol. The molecular formula is C22H27BrF2N10O. The molecule has 0 bridgehead atoms. The van der Waals surface area contributed by atoms with E-state index in [0.29, 0.717) is 10.9 Å². The lowest BCUT2D eigenvalue weighted by molar-refractivity contribution is -0.0160. The molecule has 192 valence electrons. The first-order chi connectivity index (χ1) is 17.0. The van der Waals surface area contributed by atoms with E-state index in [2.05, 4.69) is 65.7 Å². The summed E-state index contributed by atoms with van der Waals surface area (Å²) < 4.78 is 31.8. The summed E-state index contributed by atoms with van der Waals surface area (Å²) in [5.74, 6) is -1.27. The molecule has 0 unspecified atom stereocenters. The number of nitrogens with zero attached hydrogens (tertiary/aromatic N) is 7. The predicted molar refractivity (Wildman–Crippen MR) is 133 cm³/mol. The Labute approximate surface area is 214 Å². The maximum absolute atomic E-state index is 14.8. The molecular weight excluding hydrogens is 538 g/mol. The third kappa shape index (κ3) is 4.37. The van der Waals surface area contributed by atoms with Gasteiger partial charge in [-0.2, -0.15) is 14.3 Å². The lowest BCUT2D eigenvalue weighted by Crippen LogP contribution is -2.66. The second-order valence-corrected chi connectivity index (χ2v) is 10.9. The Morgan fingerprint density at radius 1 is 1.19 bits per heavy atom. The van der Waals surface area contributed by atoms with E-state index in [9.17, 15) is 13.6 Å². The van der Waals surface area contributed by atoms with Gasteiger partial charge in [0.2, 0.25) is 5.95 Å². The summed E-state index contributed by atoms with van der Waals surface area (Å²) in [4.78, 5) is 22.8. The van der Waals surface area contributed by atoms with Crippen LogP contribution in [-0.2, 0) is 7.05 Å². The molecule has 4 N–H and O–H groups in total. The highest BCUT2D eigenvalue weighted by Crippen LogP contribution is 2.43. The van der Waals surface area contributed by atoms with Crippen molar-refractivity contribution in [2.45, 2.75) is 56.8 Å². The zero-order valence-corrected chi connectivity index (χ0v) is 21.7. The van der Waals surface area contributed by atoms with Crippen LogP contribution in [0.25, 0.3) is 5.69 Å². The fourth-order valence-corrected chi connectivity index (χ4v) is 5.92. The first-order valence-electron chi connectivity index (χ1n) is 11.6. The van der Waals surface area contributed by atoms with Crippen molar-refractivity contribution < 1.29 is 8.78 Å².